The molecule has 0 aromatic rings. The predicted octanol–water partition coefficient (Wildman–Crippen LogP) is -17.7. The van der Waals surface area contributed by atoms with Crippen molar-refractivity contribution < 1.29 is 202 Å². The lowest BCUT2D eigenvalue weighted by atomic mass is 9.93. The molecule has 0 saturated carbocycles. The summed E-state index contributed by atoms with van der Waals surface area (Å²) in [6, 6.07) is -9.14. The summed E-state index contributed by atoms with van der Waals surface area (Å²) < 4.78 is 91.3. The van der Waals surface area contributed by atoms with Crippen LogP contribution in [0.5, 0.6) is 0 Å². The summed E-state index contributed by atoms with van der Waals surface area (Å²) in [6.07, 6.45) is -73.7. The van der Waals surface area contributed by atoms with Crippen molar-refractivity contribution in [2.75, 3.05) is 52.9 Å². The van der Waals surface area contributed by atoms with E-state index in [1.165, 1.54) is 0 Å². The van der Waals surface area contributed by atoms with Crippen LogP contribution in [0.3, 0.4) is 0 Å². The molecule has 46 heteroatoms. The standard InChI is InChI=1S/C58H97N5O41/c1-14(71)59-27-40(84)45(24(11-69)91-51(27)89)99-55-31(63-18(5)75)41(85)46(25(12-70)97-55)100-56-44(88)48(102-58-50(43(87)36(80)23(10-68)96-58)104-54-30(62-17(4)74)39(83)34(78)21(8-66)94-54)47(101-52-28(60-15(2)72)37(81)32(76)19(6-64)92-52)26(98-56)13-90-57-49(42(86)35(79)22(9-67)95-57)103-53-29(61-16(3)73)38(82)33(77)20(7-65)93-53/h19-58,64-70,76-89H,6-13H2,1-5H3,(H,59,71)(H,60,72)(H,61,73)(H,62,74)(H,63,75). The maximum Gasteiger partial charge on any atom is 0.217 e. The Balaban J connectivity index is 1.27. The molecule has 600 valence electrons. The zero-order valence-electron chi connectivity index (χ0n) is 56.3. The maximum absolute atomic E-state index is 13.1. The molecule has 0 aromatic heterocycles. The van der Waals surface area contributed by atoms with Crippen LogP contribution in [0.1, 0.15) is 34.6 Å². The number of aliphatic hydroxyl groups excluding tert-OH is 21. The van der Waals surface area contributed by atoms with Crippen molar-refractivity contribution in [3.63, 3.8) is 0 Å². The van der Waals surface area contributed by atoms with Gasteiger partial charge in [0, 0.05) is 34.6 Å². The second-order valence-corrected chi connectivity index (χ2v) is 26.1. The summed E-state index contributed by atoms with van der Waals surface area (Å²) in [5, 5.41) is 246. The van der Waals surface area contributed by atoms with Gasteiger partial charge in [-0.15, -0.1) is 0 Å². The third kappa shape index (κ3) is 19.2. The Labute approximate surface area is 589 Å². The van der Waals surface area contributed by atoms with Crippen LogP contribution in [0.15, 0.2) is 0 Å². The van der Waals surface area contributed by atoms with Crippen molar-refractivity contribution in [1.82, 2.24) is 26.6 Å². The molecule has 5 amide bonds. The van der Waals surface area contributed by atoms with E-state index in [1.807, 2.05) is 0 Å². The molecule has 40 atom stereocenters. The molecule has 8 heterocycles. The normalized spacial score (nSPS) is 47.2. The van der Waals surface area contributed by atoms with E-state index in [0.29, 0.717) is 0 Å². The highest BCUT2D eigenvalue weighted by molar-refractivity contribution is 5.75. The van der Waals surface area contributed by atoms with Crippen LogP contribution in [0.2, 0.25) is 0 Å². The van der Waals surface area contributed by atoms with E-state index in [9.17, 15) is 131 Å². The molecule has 8 saturated heterocycles. The molecule has 104 heavy (non-hydrogen) atoms. The van der Waals surface area contributed by atoms with Gasteiger partial charge in [-0.05, 0) is 0 Å². The van der Waals surface area contributed by atoms with E-state index in [-0.39, 0.29) is 0 Å². The van der Waals surface area contributed by atoms with Gasteiger partial charge in [0.05, 0.1) is 52.9 Å². The van der Waals surface area contributed by atoms with Crippen molar-refractivity contribution in [3.8, 4) is 0 Å². The molecule has 0 radical (unpaired) electrons. The largest absolute Gasteiger partial charge is 0.394 e. The van der Waals surface area contributed by atoms with Crippen LogP contribution in [-0.2, 0) is 95.0 Å². The van der Waals surface area contributed by atoms with Crippen molar-refractivity contribution in [1.29, 1.82) is 0 Å². The zero-order valence-corrected chi connectivity index (χ0v) is 56.3. The molecule has 0 aromatic carbocycles. The number of aliphatic hydroxyl groups is 21. The first kappa shape index (κ1) is 85.5. The molecule has 40 unspecified atom stereocenters. The van der Waals surface area contributed by atoms with E-state index in [1.54, 1.807) is 0 Å². The molecular weight excluding hydrogens is 1420 g/mol. The first-order valence-corrected chi connectivity index (χ1v) is 33.1. The minimum Gasteiger partial charge on any atom is -0.394 e. The molecule has 0 spiro atoms. The highest BCUT2D eigenvalue weighted by Gasteiger charge is 2.61. The second kappa shape index (κ2) is 37.5. The lowest BCUT2D eigenvalue weighted by Gasteiger charge is -2.52. The summed E-state index contributed by atoms with van der Waals surface area (Å²) in [5.41, 5.74) is 0. The first-order chi connectivity index (χ1) is 49.2. The van der Waals surface area contributed by atoms with E-state index in [4.69, 9.17) is 71.1 Å². The topological polar surface area (TPSA) is 709 Å². The van der Waals surface area contributed by atoms with E-state index in [0.717, 1.165) is 34.6 Å². The fraction of sp³-hybridized carbons (Fsp3) is 0.914. The zero-order chi connectivity index (χ0) is 76.8. The summed E-state index contributed by atoms with van der Waals surface area (Å²) in [4.78, 5) is 63.3. The van der Waals surface area contributed by atoms with Gasteiger partial charge in [-0.2, -0.15) is 0 Å². The second-order valence-electron chi connectivity index (χ2n) is 26.1. The molecule has 0 aliphatic carbocycles. The minimum absolute atomic E-state index is 0.788. The molecule has 8 aliphatic rings. The summed E-state index contributed by atoms with van der Waals surface area (Å²) in [5.74, 6) is -4.43. The van der Waals surface area contributed by atoms with Gasteiger partial charge in [-0.25, -0.2) is 0 Å². The van der Waals surface area contributed by atoms with Crippen molar-refractivity contribution in [2.45, 2.75) is 280 Å². The highest BCUT2D eigenvalue weighted by Crippen LogP contribution is 2.40. The Bertz CT molecular complexity index is 2770. The molecule has 8 fully saturated rings. The number of rotatable bonds is 27. The Morgan fingerprint density at radius 3 is 0.885 bits per heavy atom. The van der Waals surface area contributed by atoms with Gasteiger partial charge in [0.1, 0.15) is 195 Å². The lowest BCUT2D eigenvalue weighted by Crippen LogP contribution is -2.71. The average molecular weight is 1520 g/mol. The van der Waals surface area contributed by atoms with Crippen molar-refractivity contribution >= 4 is 29.5 Å². The van der Waals surface area contributed by atoms with E-state index in [2.05, 4.69) is 26.6 Å². The lowest BCUT2D eigenvalue weighted by molar-refractivity contribution is -0.407. The fourth-order valence-electron chi connectivity index (χ4n) is 13.4. The molecule has 46 nitrogen and oxygen atoms in total. The van der Waals surface area contributed by atoms with E-state index < -0.39 is 328 Å². The van der Waals surface area contributed by atoms with E-state index >= 15 is 0 Å². The van der Waals surface area contributed by atoms with Gasteiger partial charge < -0.3 is 205 Å². The smallest absolute Gasteiger partial charge is 0.217 e. The monoisotopic (exact) mass is 1520 g/mol. The maximum atomic E-state index is 13.1. The highest BCUT2D eigenvalue weighted by atomic mass is 16.8. The third-order valence-corrected chi connectivity index (χ3v) is 18.7. The van der Waals surface area contributed by atoms with Crippen LogP contribution in [0.25, 0.3) is 0 Å². The molecule has 26 N–H and O–H groups in total. The van der Waals surface area contributed by atoms with Gasteiger partial charge in [0.15, 0.2) is 50.3 Å². The third-order valence-electron chi connectivity index (χ3n) is 18.7. The van der Waals surface area contributed by atoms with Crippen LogP contribution < -0.4 is 26.6 Å². The molecule has 8 aliphatic heterocycles. The average Bonchev–Trinajstić information content (AvgIpc) is 0.749. The van der Waals surface area contributed by atoms with Crippen LogP contribution >= 0.6 is 0 Å². The van der Waals surface area contributed by atoms with Crippen LogP contribution in [0, 0.1) is 0 Å². The molecule has 8 rings (SSSR count). The quantitative estimate of drug-likeness (QED) is 0.0363. The summed E-state index contributed by atoms with van der Waals surface area (Å²) in [6.45, 7) is -4.05. The van der Waals surface area contributed by atoms with Gasteiger partial charge in [0.2, 0.25) is 29.5 Å². The number of hydrogen-bond acceptors (Lipinski definition) is 41. The number of hydrogen-bond donors (Lipinski definition) is 26. The number of carbonyl (C=O) groups is 5. The Morgan fingerprint density at radius 1 is 0.250 bits per heavy atom. The Kier molecular flexibility index (Phi) is 30.9. The number of ether oxygens (including phenoxy) is 15. The van der Waals surface area contributed by atoms with Crippen molar-refractivity contribution in [2.24, 2.45) is 0 Å². The summed E-state index contributed by atoms with van der Waals surface area (Å²) >= 11 is 0. The SMILES string of the molecule is CC(=O)NC1C(O)OC(CO)C(OC2OC(CO)C(OC3OC(COC4OC(CO)C(O)C(O)C4OC4OC(CO)C(O)C(O)C4NC(C)=O)C(OC4OC(CO)C(O)C(O)C4NC(C)=O)C(OC4OC(CO)C(O)C(O)C4OC4OC(CO)C(O)C(O)C4NC(C)=O)C3O)C(O)C2NC(C)=O)C1O. The predicted molar refractivity (Wildman–Crippen MR) is 322 cm³/mol. The molecular formula is C58H97N5O41. The van der Waals surface area contributed by atoms with Gasteiger partial charge in [0.25, 0.3) is 0 Å². The Morgan fingerprint density at radius 2 is 0.510 bits per heavy atom. The van der Waals surface area contributed by atoms with Gasteiger partial charge in [-0.1, -0.05) is 0 Å². The van der Waals surface area contributed by atoms with Crippen molar-refractivity contribution in [3.05, 3.63) is 0 Å². The number of nitrogens with one attached hydrogen (secondary N) is 5. The first-order valence-electron chi connectivity index (χ1n) is 33.1. The van der Waals surface area contributed by atoms with Gasteiger partial charge >= 0.3 is 0 Å². The van der Waals surface area contributed by atoms with Crippen LogP contribution in [-0.4, -0.2) is 435 Å². The summed E-state index contributed by atoms with van der Waals surface area (Å²) in [7, 11) is 0. The minimum atomic E-state index is -2.65. The number of amides is 5. The number of carbonyl (C=O) groups excluding carboxylic acids is 5. The van der Waals surface area contributed by atoms with Crippen LogP contribution in [0.4, 0.5) is 0 Å². The Hall–Kier alpha value is -4.09. The molecule has 0 bridgehead atoms. The van der Waals surface area contributed by atoms with Gasteiger partial charge in [-0.3, -0.25) is 24.0 Å². The fourth-order valence-corrected chi connectivity index (χ4v) is 13.4.